The van der Waals surface area contributed by atoms with Gasteiger partial charge in [0.15, 0.2) is 11.5 Å². The number of nitrogens with zero attached hydrogens (tertiary/aromatic N) is 1. The highest BCUT2D eigenvalue weighted by molar-refractivity contribution is 9.10. The molecule has 30 heavy (non-hydrogen) atoms. The van der Waals surface area contributed by atoms with Crippen LogP contribution in [0.1, 0.15) is 36.8 Å². The van der Waals surface area contributed by atoms with Gasteiger partial charge in [0, 0.05) is 29.3 Å². The van der Waals surface area contributed by atoms with Gasteiger partial charge in [0.05, 0.1) is 27.0 Å². The third kappa shape index (κ3) is 5.91. The number of ether oxygens (including phenoxy) is 4. The Bertz CT molecular complexity index is 892. The maximum absolute atomic E-state index is 13.2. The van der Waals surface area contributed by atoms with Crippen LogP contribution in [-0.2, 0) is 11.3 Å². The molecule has 0 fully saturated rings. The molecular weight excluding hydrogens is 456 g/mol. The van der Waals surface area contributed by atoms with Gasteiger partial charge in [-0.3, -0.25) is 4.79 Å². The summed E-state index contributed by atoms with van der Waals surface area (Å²) >= 11 is 3.41. The zero-order valence-electron chi connectivity index (χ0n) is 18.0. The van der Waals surface area contributed by atoms with Gasteiger partial charge in [-0.1, -0.05) is 0 Å². The number of nitrogens with one attached hydrogen (secondary N) is 1. The lowest BCUT2D eigenvalue weighted by Gasteiger charge is -2.20. The van der Waals surface area contributed by atoms with E-state index in [0.29, 0.717) is 41.6 Å². The van der Waals surface area contributed by atoms with Crippen LogP contribution >= 0.6 is 15.9 Å². The Morgan fingerprint density at radius 2 is 1.63 bits per heavy atom. The lowest BCUT2D eigenvalue weighted by Crippen LogP contribution is -2.34. The zero-order valence-corrected chi connectivity index (χ0v) is 19.6. The molecule has 2 rings (SSSR count). The lowest BCUT2D eigenvalue weighted by molar-refractivity contribution is 0.0526. The fourth-order valence-corrected chi connectivity index (χ4v) is 3.27. The fourth-order valence-electron chi connectivity index (χ4n) is 2.80. The number of benzene rings is 1. The van der Waals surface area contributed by atoms with Gasteiger partial charge in [0.1, 0.15) is 5.60 Å². The van der Waals surface area contributed by atoms with E-state index in [4.69, 9.17) is 18.9 Å². The molecule has 1 amide bonds. The molecule has 1 aromatic heterocycles. The van der Waals surface area contributed by atoms with Crippen LogP contribution in [0.4, 0.5) is 4.79 Å². The predicted octanol–water partition coefficient (Wildman–Crippen LogP) is 4.03. The molecule has 0 aliphatic rings. The topological polar surface area (TPSA) is 88.0 Å². The van der Waals surface area contributed by atoms with E-state index in [2.05, 4.69) is 21.2 Å². The third-order valence-corrected chi connectivity index (χ3v) is 4.48. The molecule has 164 valence electrons. The first kappa shape index (κ1) is 23.6. The number of carbonyl (C=O) groups excluding carboxylic acids is 2. The molecule has 9 heteroatoms. The van der Waals surface area contributed by atoms with Gasteiger partial charge < -0.3 is 28.8 Å². The fraction of sp³-hybridized carbons (Fsp3) is 0.429. The number of ketones is 1. The summed E-state index contributed by atoms with van der Waals surface area (Å²) < 4.78 is 23.7. The van der Waals surface area contributed by atoms with Gasteiger partial charge in [-0.2, -0.15) is 0 Å². The van der Waals surface area contributed by atoms with Crippen LogP contribution in [0, 0.1) is 0 Å². The van der Waals surface area contributed by atoms with Crippen molar-refractivity contribution in [3.63, 3.8) is 0 Å². The molecule has 0 atom stereocenters. The van der Waals surface area contributed by atoms with Crippen molar-refractivity contribution in [3.8, 4) is 17.2 Å². The maximum Gasteiger partial charge on any atom is 0.407 e. The third-order valence-electron chi connectivity index (χ3n) is 4.04. The molecule has 8 nitrogen and oxygen atoms in total. The number of hydrogen-bond donors (Lipinski definition) is 1. The molecule has 0 unspecified atom stereocenters. The zero-order chi connectivity index (χ0) is 22.5. The molecule has 0 radical (unpaired) electrons. The number of aromatic nitrogens is 1. The normalized spacial score (nSPS) is 11.0. The molecule has 0 aliphatic heterocycles. The van der Waals surface area contributed by atoms with Crippen molar-refractivity contribution in [1.29, 1.82) is 0 Å². The lowest BCUT2D eigenvalue weighted by atomic mass is 10.1. The highest BCUT2D eigenvalue weighted by atomic mass is 79.9. The van der Waals surface area contributed by atoms with E-state index >= 15 is 0 Å². The van der Waals surface area contributed by atoms with E-state index in [-0.39, 0.29) is 5.78 Å². The van der Waals surface area contributed by atoms with Crippen molar-refractivity contribution in [2.45, 2.75) is 32.9 Å². The average Bonchev–Trinajstić information content (AvgIpc) is 3.05. The Balaban J connectivity index is 2.23. The quantitative estimate of drug-likeness (QED) is 0.571. The van der Waals surface area contributed by atoms with E-state index in [0.717, 1.165) is 4.47 Å². The Hall–Kier alpha value is -2.68. The van der Waals surface area contributed by atoms with Gasteiger partial charge >= 0.3 is 6.09 Å². The number of amides is 1. The van der Waals surface area contributed by atoms with E-state index in [1.54, 1.807) is 49.7 Å². The standard InChI is InChI=1S/C21H27BrN2O6/c1-21(2,3)30-20(26)23-7-8-24-12-14(22)11-15(24)18(25)13-9-16(27-4)19(29-6)17(10-13)28-5/h9-12H,7-8H2,1-6H3,(H,23,26). The van der Waals surface area contributed by atoms with Gasteiger partial charge in [-0.05, 0) is 54.9 Å². The first-order valence-electron chi connectivity index (χ1n) is 9.26. The number of alkyl carbamates (subject to hydrolysis) is 1. The van der Waals surface area contributed by atoms with Crippen molar-refractivity contribution in [3.05, 3.63) is 40.1 Å². The summed E-state index contributed by atoms with van der Waals surface area (Å²) in [5.41, 5.74) is 0.257. The highest BCUT2D eigenvalue weighted by Crippen LogP contribution is 2.38. The van der Waals surface area contributed by atoms with Crippen molar-refractivity contribution >= 4 is 27.8 Å². The minimum Gasteiger partial charge on any atom is -0.493 e. The molecule has 0 aliphatic carbocycles. The first-order valence-corrected chi connectivity index (χ1v) is 10.1. The summed E-state index contributed by atoms with van der Waals surface area (Å²) in [6, 6.07) is 4.93. The largest absolute Gasteiger partial charge is 0.493 e. The molecule has 0 saturated carbocycles. The van der Waals surface area contributed by atoms with E-state index < -0.39 is 11.7 Å². The van der Waals surface area contributed by atoms with Gasteiger partial charge in [-0.25, -0.2) is 4.79 Å². The van der Waals surface area contributed by atoms with Crippen molar-refractivity contribution in [1.82, 2.24) is 9.88 Å². The number of carbonyl (C=O) groups is 2. The molecule has 0 spiro atoms. The Labute approximate surface area is 184 Å². The number of methoxy groups -OCH3 is 3. The van der Waals surface area contributed by atoms with Crippen LogP contribution in [-0.4, -0.2) is 49.9 Å². The second-order valence-corrected chi connectivity index (χ2v) is 8.32. The SMILES string of the molecule is COc1cc(C(=O)c2cc(Br)cn2CCNC(=O)OC(C)(C)C)cc(OC)c1OC. The molecule has 2 aromatic rings. The average molecular weight is 483 g/mol. The molecule has 0 saturated heterocycles. The Morgan fingerprint density at radius 1 is 1.03 bits per heavy atom. The van der Waals surface area contributed by atoms with E-state index in [1.807, 2.05) is 0 Å². The number of rotatable bonds is 8. The van der Waals surface area contributed by atoms with Crippen LogP contribution in [0.2, 0.25) is 0 Å². The van der Waals surface area contributed by atoms with Gasteiger partial charge in [0.25, 0.3) is 0 Å². The van der Waals surface area contributed by atoms with Crippen LogP contribution in [0.15, 0.2) is 28.9 Å². The summed E-state index contributed by atoms with van der Waals surface area (Å²) in [6.45, 7) is 6.07. The summed E-state index contributed by atoms with van der Waals surface area (Å²) in [5.74, 6) is 0.972. The summed E-state index contributed by atoms with van der Waals surface area (Å²) in [4.78, 5) is 25.0. The van der Waals surface area contributed by atoms with Crippen LogP contribution in [0.3, 0.4) is 0 Å². The second kappa shape index (κ2) is 9.88. The van der Waals surface area contributed by atoms with Crippen molar-refractivity contribution in [2.75, 3.05) is 27.9 Å². The smallest absolute Gasteiger partial charge is 0.407 e. The highest BCUT2D eigenvalue weighted by Gasteiger charge is 2.21. The van der Waals surface area contributed by atoms with Crippen molar-refractivity contribution in [2.24, 2.45) is 0 Å². The molecule has 1 heterocycles. The summed E-state index contributed by atoms with van der Waals surface area (Å²) in [6.07, 6.45) is 1.27. The molecule has 0 bridgehead atoms. The number of hydrogen-bond acceptors (Lipinski definition) is 6. The summed E-state index contributed by atoms with van der Waals surface area (Å²) in [7, 11) is 4.49. The summed E-state index contributed by atoms with van der Waals surface area (Å²) in [5, 5.41) is 2.69. The van der Waals surface area contributed by atoms with Crippen LogP contribution in [0.5, 0.6) is 17.2 Å². The second-order valence-electron chi connectivity index (χ2n) is 7.41. The van der Waals surface area contributed by atoms with E-state index in [9.17, 15) is 9.59 Å². The minimum atomic E-state index is -0.575. The Kier molecular flexibility index (Phi) is 7.77. The monoisotopic (exact) mass is 482 g/mol. The van der Waals surface area contributed by atoms with Gasteiger partial charge in [-0.15, -0.1) is 0 Å². The predicted molar refractivity (Wildman–Crippen MR) is 116 cm³/mol. The maximum atomic E-state index is 13.2. The van der Waals surface area contributed by atoms with Gasteiger partial charge in [0.2, 0.25) is 11.5 Å². The number of halogens is 1. The van der Waals surface area contributed by atoms with E-state index in [1.165, 1.54) is 21.3 Å². The Morgan fingerprint density at radius 3 is 2.13 bits per heavy atom. The first-order chi connectivity index (χ1) is 14.1. The molecule has 1 aromatic carbocycles. The minimum absolute atomic E-state index is 0.225. The van der Waals surface area contributed by atoms with Crippen molar-refractivity contribution < 1.29 is 28.5 Å². The molecule has 1 N–H and O–H groups in total. The van der Waals surface area contributed by atoms with Crippen LogP contribution in [0.25, 0.3) is 0 Å². The van der Waals surface area contributed by atoms with Crippen LogP contribution < -0.4 is 19.5 Å². The molecular formula is C21H27BrN2O6.